The molecule has 1 heterocycles. The minimum Gasteiger partial charge on any atom is -0.493 e. The van der Waals surface area contributed by atoms with Gasteiger partial charge in [-0.2, -0.15) is 13.2 Å². The van der Waals surface area contributed by atoms with Crippen molar-refractivity contribution in [2.75, 3.05) is 21.3 Å². The second-order valence-corrected chi connectivity index (χ2v) is 9.15. The van der Waals surface area contributed by atoms with Crippen LogP contribution in [0.2, 0.25) is 0 Å². The summed E-state index contributed by atoms with van der Waals surface area (Å²) in [5, 5.41) is 1.90. The number of ether oxygens (including phenoxy) is 3. The molecule has 0 spiro atoms. The van der Waals surface area contributed by atoms with Gasteiger partial charge in [0.2, 0.25) is 11.3 Å². The minimum absolute atomic E-state index is 0.00817. The Kier molecular flexibility index (Phi) is 8.09. The summed E-state index contributed by atoms with van der Waals surface area (Å²) >= 11 is 0. The summed E-state index contributed by atoms with van der Waals surface area (Å²) in [5.41, 5.74) is -4.67. The Labute approximate surface area is 234 Å². The van der Waals surface area contributed by atoms with E-state index < -0.39 is 34.9 Å². The van der Waals surface area contributed by atoms with Gasteiger partial charge in [0.05, 0.1) is 33.4 Å². The highest BCUT2D eigenvalue weighted by Gasteiger charge is 2.70. The van der Waals surface area contributed by atoms with Crippen molar-refractivity contribution in [2.45, 2.75) is 25.2 Å². The summed E-state index contributed by atoms with van der Waals surface area (Å²) < 4.78 is 61.4. The van der Waals surface area contributed by atoms with Gasteiger partial charge in [-0.1, -0.05) is 60.7 Å². The zero-order chi connectivity index (χ0) is 29.9. The molecule has 0 aliphatic carbocycles. The lowest BCUT2D eigenvalue weighted by atomic mass is 9.84. The highest BCUT2D eigenvalue weighted by Crippen LogP contribution is 2.47. The molecule has 214 valence electrons. The molecule has 1 aliphatic rings. The lowest BCUT2D eigenvalue weighted by Gasteiger charge is -2.33. The fraction of sp³-hybridized carbons (Fsp3) is 0.233. The van der Waals surface area contributed by atoms with Crippen molar-refractivity contribution >= 4 is 17.6 Å². The van der Waals surface area contributed by atoms with Crippen molar-refractivity contribution in [1.29, 1.82) is 0 Å². The molecule has 1 N–H and O–H groups in total. The third-order valence-electron chi connectivity index (χ3n) is 6.81. The number of alkyl halides is 3. The number of nitrogens with zero attached hydrogens (tertiary/aromatic N) is 1. The molecule has 0 radical (unpaired) electrons. The fourth-order valence-corrected chi connectivity index (χ4v) is 4.80. The van der Waals surface area contributed by atoms with Gasteiger partial charge in [-0.15, -0.1) is 0 Å². The third kappa shape index (κ3) is 5.10. The summed E-state index contributed by atoms with van der Waals surface area (Å²) in [4.78, 5) is 42.0. The standard InChI is InChI=1S/C30H27F3N2O6/c1-18-24(25(36)20-13-9-6-10-14-20)29(30(31,32)33,28(38)35(18)17-19-11-7-5-8-12-19)34-27(37)21-15-22(39-2)26(41-4)23(16-21)40-3/h5-16H,17H2,1-4H3,(H,34,37)/t29-/m1/s1. The molecule has 1 atom stereocenters. The van der Waals surface area contributed by atoms with E-state index in [-0.39, 0.29) is 40.6 Å². The molecule has 4 rings (SSSR count). The van der Waals surface area contributed by atoms with E-state index in [1.54, 1.807) is 36.4 Å². The van der Waals surface area contributed by atoms with Crippen molar-refractivity contribution in [2.24, 2.45) is 0 Å². The molecule has 3 aromatic rings. The monoisotopic (exact) mass is 568 g/mol. The van der Waals surface area contributed by atoms with Crippen LogP contribution in [0.4, 0.5) is 13.2 Å². The van der Waals surface area contributed by atoms with E-state index in [1.807, 2.05) is 5.32 Å². The number of amides is 2. The smallest absolute Gasteiger partial charge is 0.425 e. The molecular formula is C30H27F3N2O6. The Morgan fingerprint density at radius 2 is 1.39 bits per heavy atom. The van der Waals surface area contributed by atoms with Gasteiger partial charge in [-0.3, -0.25) is 14.4 Å². The van der Waals surface area contributed by atoms with Gasteiger partial charge in [0.15, 0.2) is 17.3 Å². The van der Waals surface area contributed by atoms with E-state index in [0.29, 0.717) is 5.56 Å². The van der Waals surface area contributed by atoms with Gasteiger partial charge < -0.3 is 24.4 Å². The van der Waals surface area contributed by atoms with E-state index in [0.717, 1.165) is 17.0 Å². The van der Waals surface area contributed by atoms with Crippen LogP contribution < -0.4 is 19.5 Å². The van der Waals surface area contributed by atoms with Crippen LogP contribution in [0.5, 0.6) is 17.2 Å². The van der Waals surface area contributed by atoms with Crippen LogP contribution >= 0.6 is 0 Å². The van der Waals surface area contributed by atoms with Crippen LogP contribution in [0.25, 0.3) is 0 Å². The first kappa shape index (κ1) is 29.2. The minimum atomic E-state index is -5.41. The highest BCUT2D eigenvalue weighted by molar-refractivity contribution is 6.19. The number of benzene rings is 3. The number of nitrogens with one attached hydrogen (secondary N) is 1. The fourth-order valence-electron chi connectivity index (χ4n) is 4.80. The van der Waals surface area contributed by atoms with Crippen molar-refractivity contribution in [1.82, 2.24) is 10.2 Å². The Morgan fingerprint density at radius 1 is 0.854 bits per heavy atom. The number of carbonyl (C=O) groups is 3. The summed E-state index contributed by atoms with van der Waals surface area (Å²) in [6.45, 7) is 1.01. The van der Waals surface area contributed by atoms with E-state index in [1.165, 1.54) is 52.5 Å². The molecule has 8 nitrogen and oxygen atoms in total. The molecule has 11 heteroatoms. The van der Waals surface area contributed by atoms with Crippen molar-refractivity contribution in [3.05, 3.63) is 101 Å². The van der Waals surface area contributed by atoms with Gasteiger partial charge in [0.25, 0.3) is 11.8 Å². The summed E-state index contributed by atoms with van der Waals surface area (Å²) in [5.74, 6) is -3.72. The Bertz CT molecular complexity index is 1480. The Balaban J connectivity index is 1.90. The first-order valence-electron chi connectivity index (χ1n) is 12.4. The average Bonchev–Trinajstić information content (AvgIpc) is 3.18. The molecule has 3 aromatic carbocycles. The number of halogens is 3. The van der Waals surface area contributed by atoms with Gasteiger partial charge in [0.1, 0.15) is 0 Å². The number of ketones is 1. The van der Waals surface area contributed by atoms with E-state index in [4.69, 9.17) is 14.2 Å². The number of Topliss-reactive ketones (excluding diaryl/α,β-unsaturated/α-hetero) is 1. The van der Waals surface area contributed by atoms with Crippen molar-refractivity contribution < 1.29 is 41.8 Å². The normalized spacial score (nSPS) is 17.0. The van der Waals surface area contributed by atoms with E-state index in [2.05, 4.69) is 0 Å². The van der Waals surface area contributed by atoms with Gasteiger partial charge >= 0.3 is 6.18 Å². The van der Waals surface area contributed by atoms with Crippen LogP contribution in [0.3, 0.4) is 0 Å². The molecule has 0 saturated heterocycles. The molecule has 2 amide bonds. The SMILES string of the molecule is COc1cc(C(=O)N[C@@]2(C(F)(F)F)C(=O)N(Cc3ccccc3)C(C)=C2C(=O)c2ccccc2)cc(OC)c1OC. The largest absolute Gasteiger partial charge is 0.493 e. The van der Waals surface area contributed by atoms with Gasteiger partial charge in [-0.05, 0) is 24.6 Å². The van der Waals surface area contributed by atoms with E-state index in [9.17, 15) is 14.4 Å². The second-order valence-electron chi connectivity index (χ2n) is 9.15. The van der Waals surface area contributed by atoms with Crippen LogP contribution in [0.1, 0.15) is 33.2 Å². The molecule has 0 bridgehead atoms. The van der Waals surface area contributed by atoms with Gasteiger partial charge in [0, 0.05) is 16.8 Å². The summed E-state index contributed by atoms with van der Waals surface area (Å²) in [6, 6.07) is 17.9. The Morgan fingerprint density at radius 3 is 1.88 bits per heavy atom. The van der Waals surface area contributed by atoms with Crippen molar-refractivity contribution in [3.63, 3.8) is 0 Å². The van der Waals surface area contributed by atoms with Gasteiger partial charge in [-0.25, -0.2) is 0 Å². The number of methoxy groups -OCH3 is 3. The highest BCUT2D eigenvalue weighted by atomic mass is 19.4. The topological polar surface area (TPSA) is 94.2 Å². The van der Waals surface area contributed by atoms with Crippen LogP contribution in [-0.4, -0.2) is 55.5 Å². The van der Waals surface area contributed by atoms with E-state index >= 15 is 13.2 Å². The molecule has 0 fully saturated rings. The first-order valence-corrected chi connectivity index (χ1v) is 12.4. The summed E-state index contributed by atoms with van der Waals surface area (Å²) in [6.07, 6.45) is -5.41. The quantitative estimate of drug-likeness (QED) is 0.368. The average molecular weight is 569 g/mol. The predicted octanol–water partition coefficient (Wildman–Crippen LogP) is 4.94. The first-order chi connectivity index (χ1) is 19.5. The maximum Gasteiger partial charge on any atom is 0.425 e. The zero-order valence-electron chi connectivity index (χ0n) is 22.7. The second kappa shape index (κ2) is 11.4. The molecule has 0 saturated carbocycles. The number of rotatable bonds is 9. The number of allylic oxidation sites excluding steroid dienone is 1. The van der Waals surface area contributed by atoms with Crippen LogP contribution in [0.15, 0.2) is 84.1 Å². The van der Waals surface area contributed by atoms with Crippen LogP contribution in [0, 0.1) is 0 Å². The molecular weight excluding hydrogens is 541 g/mol. The van der Waals surface area contributed by atoms with Crippen molar-refractivity contribution in [3.8, 4) is 17.2 Å². The maximum atomic E-state index is 15.2. The molecule has 1 aliphatic heterocycles. The molecule has 0 unspecified atom stereocenters. The number of hydrogen-bond donors (Lipinski definition) is 1. The number of hydrogen-bond acceptors (Lipinski definition) is 6. The molecule has 41 heavy (non-hydrogen) atoms. The zero-order valence-corrected chi connectivity index (χ0v) is 22.7. The Hall–Kier alpha value is -4.80. The number of carbonyl (C=O) groups excluding carboxylic acids is 3. The molecule has 0 aromatic heterocycles. The lowest BCUT2D eigenvalue weighted by Crippen LogP contribution is -2.66. The summed E-state index contributed by atoms with van der Waals surface area (Å²) in [7, 11) is 3.88. The lowest BCUT2D eigenvalue weighted by molar-refractivity contribution is -0.189. The predicted molar refractivity (Wildman–Crippen MR) is 143 cm³/mol. The third-order valence-corrected chi connectivity index (χ3v) is 6.81. The van der Waals surface area contributed by atoms with Crippen LogP contribution in [-0.2, 0) is 11.3 Å². The maximum absolute atomic E-state index is 15.2.